The third-order valence-electron chi connectivity index (χ3n) is 1.90. The van der Waals surface area contributed by atoms with Crippen molar-refractivity contribution < 1.29 is 8.78 Å². The van der Waals surface area contributed by atoms with Gasteiger partial charge in [-0.05, 0) is 22.4 Å². The Bertz CT molecular complexity index is 366. The Morgan fingerprint density at radius 2 is 2.13 bits per heavy atom. The number of hydrogen-bond acceptors (Lipinski definition) is 2. The molecule has 0 spiro atoms. The zero-order valence-corrected chi connectivity index (χ0v) is 9.51. The first-order valence-electron chi connectivity index (χ1n) is 4.44. The monoisotopic (exact) mass is 280 g/mol. The number of pyridine rings is 1. The van der Waals surface area contributed by atoms with Crippen molar-refractivity contribution in [2.75, 3.05) is 5.73 Å². The van der Waals surface area contributed by atoms with E-state index in [9.17, 15) is 13.6 Å². The van der Waals surface area contributed by atoms with Crippen molar-refractivity contribution >= 4 is 21.6 Å². The van der Waals surface area contributed by atoms with Gasteiger partial charge in [-0.1, -0.05) is 0 Å². The van der Waals surface area contributed by atoms with Crippen LogP contribution in [0.3, 0.4) is 0 Å². The zero-order chi connectivity index (χ0) is 11.4. The standard InChI is InChI=1S/C9H11BrF2N2O/c10-6-4-14(3-1-2-8(11)12)5-7(13)9(6)15/h4-5,8H,1-3,13H2. The van der Waals surface area contributed by atoms with Crippen LogP contribution in [0.2, 0.25) is 0 Å². The Kier molecular flexibility index (Phi) is 4.26. The summed E-state index contributed by atoms with van der Waals surface area (Å²) >= 11 is 3.06. The molecule has 1 aromatic heterocycles. The molecule has 0 bridgehead atoms. The summed E-state index contributed by atoms with van der Waals surface area (Å²) in [6.07, 6.45) is 0.920. The molecule has 0 amide bonds. The molecule has 15 heavy (non-hydrogen) atoms. The van der Waals surface area contributed by atoms with Crippen LogP contribution >= 0.6 is 15.9 Å². The second-order valence-electron chi connectivity index (χ2n) is 3.16. The van der Waals surface area contributed by atoms with Gasteiger partial charge in [0.1, 0.15) is 0 Å². The van der Waals surface area contributed by atoms with E-state index in [1.165, 1.54) is 6.20 Å². The molecule has 0 fully saturated rings. The van der Waals surface area contributed by atoms with Gasteiger partial charge in [-0.15, -0.1) is 0 Å². The van der Waals surface area contributed by atoms with Crippen molar-refractivity contribution in [3.05, 3.63) is 27.1 Å². The Morgan fingerprint density at radius 3 is 2.67 bits per heavy atom. The first-order chi connectivity index (χ1) is 7.00. The molecule has 0 saturated heterocycles. The number of aromatic nitrogens is 1. The Labute approximate surface area is 94.0 Å². The molecule has 0 aliphatic heterocycles. The summed E-state index contributed by atoms with van der Waals surface area (Å²) < 4.78 is 25.7. The van der Waals surface area contributed by atoms with Gasteiger partial charge in [-0.3, -0.25) is 4.79 Å². The van der Waals surface area contributed by atoms with E-state index in [4.69, 9.17) is 5.73 Å². The minimum Gasteiger partial charge on any atom is -0.394 e. The van der Waals surface area contributed by atoms with Crippen molar-refractivity contribution in [3.8, 4) is 0 Å². The van der Waals surface area contributed by atoms with Crippen LogP contribution in [0.25, 0.3) is 0 Å². The highest BCUT2D eigenvalue weighted by Crippen LogP contribution is 2.09. The third-order valence-corrected chi connectivity index (χ3v) is 2.47. The van der Waals surface area contributed by atoms with Gasteiger partial charge in [0, 0.05) is 25.4 Å². The van der Waals surface area contributed by atoms with Gasteiger partial charge in [0.2, 0.25) is 11.9 Å². The fraction of sp³-hybridized carbons (Fsp3) is 0.444. The van der Waals surface area contributed by atoms with Crippen molar-refractivity contribution in [3.63, 3.8) is 0 Å². The van der Waals surface area contributed by atoms with Gasteiger partial charge in [0.25, 0.3) is 0 Å². The average molecular weight is 281 g/mol. The number of rotatable bonds is 4. The highest BCUT2D eigenvalue weighted by Gasteiger charge is 2.04. The average Bonchev–Trinajstić information content (AvgIpc) is 2.13. The summed E-state index contributed by atoms with van der Waals surface area (Å²) in [7, 11) is 0. The van der Waals surface area contributed by atoms with Gasteiger partial charge in [0.15, 0.2) is 0 Å². The molecular formula is C9H11BrF2N2O. The lowest BCUT2D eigenvalue weighted by atomic mass is 10.3. The zero-order valence-electron chi connectivity index (χ0n) is 7.92. The van der Waals surface area contributed by atoms with Crippen molar-refractivity contribution in [2.45, 2.75) is 25.8 Å². The normalized spacial score (nSPS) is 10.9. The van der Waals surface area contributed by atoms with Crippen molar-refractivity contribution in [1.29, 1.82) is 0 Å². The summed E-state index contributed by atoms with van der Waals surface area (Å²) in [4.78, 5) is 11.2. The highest BCUT2D eigenvalue weighted by molar-refractivity contribution is 9.10. The molecule has 0 aliphatic carbocycles. The fourth-order valence-corrected chi connectivity index (χ4v) is 1.67. The van der Waals surface area contributed by atoms with Crippen LogP contribution in [0.5, 0.6) is 0 Å². The van der Waals surface area contributed by atoms with Crippen LogP contribution in [-0.4, -0.2) is 11.0 Å². The van der Waals surface area contributed by atoms with E-state index in [0.29, 0.717) is 17.4 Å². The van der Waals surface area contributed by atoms with E-state index in [0.717, 1.165) is 0 Å². The Balaban J connectivity index is 2.67. The molecule has 2 N–H and O–H groups in total. The topological polar surface area (TPSA) is 48.0 Å². The maximum Gasteiger partial charge on any atom is 0.238 e. The Hall–Kier alpha value is -0.910. The second kappa shape index (κ2) is 5.25. The maximum atomic E-state index is 11.9. The van der Waals surface area contributed by atoms with Crippen LogP contribution in [0.1, 0.15) is 12.8 Å². The number of hydrogen-bond donors (Lipinski definition) is 1. The van der Waals surface area contributed by atoms with E-state index in [-0.39, 0.29) is 17.5 Å². The Morgan fingerprint density at radius 1 is 1.47 bits per heavy atom. The van der Waals surface area contributed by atoms with Crippen LogP contribution in [-0.2, 0) is 6.54 Å². The predicted molar refractivity (Wildman–Crippen MR) is 58.1 cm³/mol. The van der Waals surface area contributed by atoms with E-state index in [1.54, 1.807) is 10.8 Å². The minimum atomic E-state index is -2.29. The van der Waals surface area contributed by atoms with Gasteiger partial charge in [0.05, 0.1) is 10.2 Å². The lowest BCUT2D eigenvalue weighted by Gasteiger charge is -2.07. The number of aryl methyl sites for hydroxylation is 1. The molecule has 0 aromatic carbocycles. The summed E-state index contributed by atoms with van der Waals surface area (Å²) in [5.41, 5.74) is 5.28. The first-order valence-corrected chi connectivity index (χ1v) is 5.23. The molecule has 6 heteroatoms. The van der Waals surface area contributed by atoms with Gasteiger partial charge >= 0.3 is 0 Å². The van der Waals surface area contributed by atoms with Crippen LogP contribution in [0.15, 0.2) is 21.7 Å². The number of nitrogens with zero attached hydrogens (tertiary/aromatic N) is 1. The summed E-state index contributed by atoms with van der Waals surface area (Å²) in [6.45, 7) is 0.424. The van der Waals surface area contributed by atoms with Gasteiger partial charge < -0.3 is 10.3 Å². The van der Waals surface area contributed by atoms with E-state index in [2.05, 4.69) is 15.9 Å². The summed E-state index contributed by atoms with van der Waals surface area (Å²) in [5.74, 6) is 0. The molecule has 0 saturated carbocycles. The molecule has 1 heterocycles. The number of alkyl halides is 2. The number of nitrogen functional groups attached to an aromatic ring is 1. The van der Waals surface area contributed by atoms with Gasteiger partial charge in [-0.25, -0.2) is 8.78 Å². The molecular weight excluding hydrogens is 270 g/mol. The number of anilines is 1. The molecule has 1 rings (SSSR count). The molecule has 3 nitrogen and oxygen atoms in total. The number of nitrogens with two attached hydrogens (primary N) is 1. The predicted octanol–water partition coefficient (Wildman–Crippen LogP) is 2.24. The van der Waals surface area contributed by atoms with Crippen LogP contribution < -0.4 is 11.2 Å². The molecule has 84 valence electrons. The van der Waals surface area contributed by atoms with Gasteiger partial charge in [-0.2, -0.15) is 0 Å². The van der Waals surface area contributed by atoms with Crippen molar-refractivity contribution in [1.82, 2.24) is 4.57 Å². The SMILES string of the molecule is Nc1cn(CCCC(F)F)cc(Br)c1=O. The first kappa shape index (κ1) is 12.2. The lowest BCUT2D eigenvalue weighted by Crippen LogP contribution is -2.13. The molecule has 1 aromatic rings. The van der Waals surface area contributed by atoms with Crippen molar-refractivity contribution in [2.24, 2.45) is 0 Å². The summed E-state index contributed by atoms with van der Waals surface area (Å²) in [6, 6.07) is 0. The minimum absolute atomic E-state index is 0.112. The van der Waals surface area contributed by atoms with E-state index in [1.807, 2.05) is 0 Å². The third kappa shape index (κ3) is 3.62. The van der Waals surface area contributed by atoms with Crippen LogP contribution in [0, 0.1) is 0 Å². The highest BCUT2D eigenvalue weighted by atomic mass is 79.9. The fourth-order valence-electron chi connectivity index (χ4n) is 1.17. The number of halogens is 3. The largest absolute Gasteiger partial charge is 0.394 e. The lowest BCUT2D eigenvalue weighted by molar-refractivity contribution is 0.133. The van der Waals surface area contributed by atoms with E-state index >= 15 is 0 Å². The second-order valence-corrected chi connectivity index (χ2v) is 4.02. The molecule has 0 atom stereocenters. The quantitative estimate of drug-likeness (QED) is 0.920. The molecule has 0 aliphatic rings. The smallest absolute Gasteiger partial charge is 0.238 e. The molecule has 0 unspecified atom stereocenters. The molecule has 0 radical (unpaired) electrons. The van der Waals surface area contributed by atoms with E-state index < -0.39 is 6.43 Å². The maximum absolute atomic E-state index is 11.9. The van der Waals surface area contributed by atoms with Crippen LogP contribution in [0.4, 0.5) is 14.5 Å². The summed E-state index contributed by atoms with van der Waals surface area (Å²) in [5, 5.41) is 0.